The molecule has 2 aromatic heterocycles. The van der Waals surface area contributed by atoms with E-state index in [2.05, 4.69) is 20.9 Å². The van der Waals surface area contributed by atoms with Crippen molar-refractivity contribution in [3.8, 4) is 16.8 Å². The Morgan fingerprint density at radius 3 is 2.47 bits per heavy atom. The van der Waals surface area contributed by atoms with Crippen molar-refractivity contribution in [3.63, 3.8) is 0 Å². The molecule has 5 aromatic rings. The van der Waals surface area contributed by atoms with Crippen molar-refractivity contribution in [1.82, 2.24) is 14.1 Å². The third-order valence-corrected chi connectivity index (χ3v) is 5.81. The van der Waals surface area contributed by atoms with Gasteiger partial charge in [0, 0.05) is 16.2 Å². The number of halogens is 2. The largest absolute Gasteiger partial charge is 0.331 e. The van der Waals surface area contributed by atoms with Crippen molar-refractivity contribution < 1.29 is 4.39 Å². The summed E-state index contributed by atoms with van der Waals surface area (Å²) in [5.41, 5.74) is 3.45. The minimum Gasteiger partial charge on any atom is -0.308 e. The summed E-state index contributed by atoms with van der Waals surface area (Å²) < 4.78 is 17.3. The predicted molar refractivity (Wildman–Crippen MR) is 127 cm³/mol. The standard InChI is InChI=1S/C25H17BrFN3O2/c26-18-5-3-4-17(12-18)21-13-20(30-23-7-2-1-6-22(23)28-25(30)32)15-29(24(21)31)14-16-8-10-19(27)11-9-16/h1-13,15H,14H2,(H,28,32). The summed E-state index contributed by atoms with van der Waals surface area (Å²) in [6.45, 7) is 0.241. The Kier molecular flexibility index (Phi) is 5.11. The number of H-pyrrole nitrogens is 1. The SMILES string of the molecule is O=c1c(-c2cccc(Br)c2)cc(-n2c(=O)[nH]c3ccccc32)cn1Cc1ccc(F)cc1. The Balaban J connectivity index is 1.76. The molecule has 0 radical (unpaired) electrons. The average Bonchev–Trinajstić information content (AvgIpc) is 3.12. The van der Waals surface area contributed by atoms with Crippen molar-refractivity contribution in [2.75, 3.05) is 0 Å². The van der Waals surface area contributed by atoms with Crippen LogP contribution in [0.3, 0.4) is 0 Å². The zero-order valence-electron chi connectivity index (χ0n) is 16.8. The van der Waals surface area contributed by atoms with Crippen molar-refractivity contribution in [2.45, 2.75) is 6.54 Å². The third-order valence-electron chi connectivity index (χ3n) is 5.32. The topological polar surface area (TPSA) is 59.8 Å². The molecule has 5 rings (SSSR count). The molecule has 32 heavy (non-hydrogen) atoms. The van der Waals surface area contributed by atoms with Crippen LogP contribution in [0.4, 0.5) is 4.39 Å². The van der Waals surface area contributed by atoms with Gasteiger partial charge in [0.2, 0.25) is 0 Å². The number of benzene rings is 3. The first-order valence-corrected chi connectivity index (χ1v) is 10.7. The van der Waals surface area contributed by atoms with E-state index in [0.717, 1.165) is 15.6 Å². The van der Waals surface area contributed by atoms with Gasteiger partial charge in [-0.3, -0.25) is 9.36 Å². The molecular weight excluding hydrogens is 473 g/mol. The molecule has 0 fully saturated rings. The van der Waals surface area contributed by atoms with Gasteiger partial charge in [0.1, 0.15) is 5.82 Å². The molecule has 1 N–H and O–H groups in total. The van der Waals surface area contributed by atoms with E-state index < -0.39 is 0 Å². The Morgan fingerprint density at radius 1 is 0.906 bits per heavy atom. The van der Waals surface area contributed by atoms with Crippen LogP contribution in [0.25, 0.3) is 27.8 Å². The molecule has 0 aliphatic rings. The zero-order chi connectivity index (χ0) is 22.2. The number of para-hydroxylation sites is 2. The Bertz CT molecular complexity index is 1570. The second kappa shape index (κ2) is 8.09. The van der Waals surface area contributed by atoms with E-state index >= 15 is 0 Å². The summed E-state index contributed by atoms with van der Waals surface area (Å²) in [5, 5.41) is 0. The molecule has 0 spiro atoms. The maximum atomic E-state index is 13.4. The molecule has 0 saturated heterocycles. The first-order valence-electron chi connectivity index (χ1n) is 9.94. The summed E-state index contributed by atoms with van der Waals surface area (Å²) >= 11 is 3.46. The van der Waals surface area contributed by atoms with Gasteiger partial charge in [-0.25, -0.2) is 9.18 Å². The lowest BCUT2D eigenvalue weighted by atomic mass is 10.1. The van der Waals surface area contributed by atoms with Gasteiger partial charge in [0.25, 0.3) is 5.56 Å². The average molecular weight is 490 g/mol. The van der Waals surface area contributed by atoms with Gasteiger partial charge in [0.15, 0.2) is 0 Å². The normalized spacial score (nSPS) is 11.2. The molecule has 5 nitrogen and oxygen atoms in total. The van der Waals surface area contributed by atoms with E-state index in [0.29, 0.717) is 22.3 Å². The molecular formula is C25H17BrFN3O2. The summed E-state index contributed by atoms with van der Waals surface area (Å²) in [6, 6.07) is 22.6. The Morgan fingerprint density at radius 2 is 1.69 bits per heavy atom. The highest BCUT2D eigenvalue weighted by Gasteiger charge is 2.15. The molecule has 0 bridgehead atoms. The molecule has 3 aromatic carbocycles. The van der Waals surface area contributed by atoms with Gasteiger partial charge in [-0.1, -0.05) is 52.3 Å². The second-order valence-corrected chi connectivity index (χ2v) is 8.38. The van der Waals surface area contributed by atoms with Crippen LogP contribution in [0, 0.1) is 5.82 Å². The number of nitrogens with zero attached hydrogens (tertiary/aromatic N) is 2. The smallest absolute Gasteiger partial charge is 0.308 e. The molecule has 0 unspecified atom stereocenters. The van der Waals surface area contributed by atoms with Gasteiger partial charge in [-0.15, -0.1) is 0 Å². The van der Waals surface area contributed by atoms with Gasteiger partial charge >= 0.3 is 5.69 Å². The van der Waals surface area contributed by atoms with E-state index in [9.17, 15) is 14.0 Å². The van der Waals surface area contributed by atoms with Gasteiger partial charge in [-0.2, -0.15) is 0 Å². The number of nitrogens with one attached hydrogen (secondary N) is 1. The number of rotatable bonds is 4. The number of hydrogen-bond donors (Lipinski definition) is 1. The van der Waals surface area contributed by atoms with Crippen molar-refractivity contribution in [1.29, 1.82) is 0 Å². The van der Waals surface area contributed by atoms with E-state index in [1.807, 2.05) is 48.5 Å². The maximum Gasteiger partial charge on any atom is 0.331 e. The van der Waals surface area contributed by atoms with Crippen LogP contribution in [0.2, 0.25) is 0 Å². The minimum atomic E-state index is -0.338. The van der Waals surface area contributed by atoms with Crippen LogP contribution < -0.4 is 11.2 Å². The van der Waals surface area contributed by atoms with Crippen molar-refractivity contribution in [3.05, 3.63) is 122 Å². The van der Waals surface area contributed by atoms with Crippen LogP contribution in [-0.4, -0.2) is 14.1 Å². The number of aromatic nitrogens is 3. The van der Waals surface area contributed by atoms with Crippen LogP contribution in [0.1, 0.15) is 5.56 Å². The van der Waals surface area contributed by atoms with Crippen LogP contribution in [0.15, 0.2) is 99.1 Å². The molecule has 0 amide bonds. The Hall–Kier alpha value is -3.71. The second-order valence-electron chi connectivity index (χ2n) is 7.46. The van der Waals surface area contributed by atoms with Gasteiger partial charge < -0.3 is 9.55 Å². The fourth-order valence-corrected chi connectivity index (χ4v) is 4.22. The highest BCUT2D eigenvalue weighted by Crippen LogP contribution is 2.24. The minimum absolute atomic E-state index is 0.205. The Labute approximate surface area is 190 Å². The van der Waals surface area contributed by atoms with Gasteiger partial charge in [0.05, 0.1) is 23.3 Å². The quantitative estimate of drug-likeness (QED) is 0.381. The summed E-state index contributed by atoms with van der Waals surface area (Å²) in [7, 11) is 0. The number of imidazole rings is 1. The van der Waals surface area contributed by atoms with E-state index in [1.165, 1.54) is 12.1 Å². The highest BCUT2D eigenvalue weighted by atomic mass is 79.9. The summed E-state index contributed by atoms with van der Waals surface area (Å²) in [4.78, 5) is 29.1. The maximum absolute atomic E-state index is 13.4. The lowest BCUT2D eigenvalue weighted by Gasteiger charge is -2.13. The molecule has 158 valence electrons. The van der Waals surface area contributed by atoms with Crippen molar-refractivity contribution in [2.24, 2.45) is 0 Å². The van der Waals surface area contributed by atoms with Crippen LogP contribution >= 0.6 is 15.9 Å². The number of pyridine rings is 1. The molecule has 2 heterocycles. The molecule has 0 atom stereocenters. The number of hydrogen-bond acceptors (Lipinski definition) is 2. The van der Waals surface area contributed by atoms with Crippen LogP contribution in [-0.2, 0) is 6.54 Å². The lowest BCUT2D eigenvalue weighted by molar-refractivity contribution is 0.626. The molecule has 7 heteroatoms. The van der Waals surface area contributed by atoms with Crippen LogP contribution in [0.5, 0.6) is 0 Å². The summed E-state index contributed by atoms with van der Waals surface area (Å²) in [6.07, 6.45) is 1.66. The monoisotopic (exact) mass is 489 g/mol. The van der Waals surface area contributed by atoms with E-state index in [1.54, 1.807) is 33.5 Å². The number of aromatic amines is 1. The van der Waals surface area contributed by atoms with E-state index in [-0.39, 0.29) is 23.6 Å². The first-order chi connectivity index (χ1) is 15.5. The highest BCUT2D eigenvalue weighted by molar-refractivity contribution is 9.10. The molecule has 0 saturated carbocycles. The molecule has 0 aliphatic heterocycles. The van der Waals surface area contributed by atoms with Gasteiger partial charge in [-0.05, 0) is 53.6 Å². The fraction of sp³-hybridized carbons (Fsp3) is 0.0400. The molecule has 0 aliphatic carbocycles. The summed E-state index contributed by atoms with van der Waals surface area (Å²) in [5.74, 6) is -0.338. The lowest BCUT2D eigenvalue weighted by Crippen LogP contribution is -2.25. The fourth-order valence-electron chi connectivity index (χ4n) is 3.82. The third kappa shape index (κ3) is 3.71. The van der Waals surface area contributed by atoms with Crippen molar-refractivity contribution >= 4 is 27.0 Å². The van der Waals surface area contributed by atoms with E-state index in [4.69, 9.17) is 0 Å². The zero-order valence-corrected chi connectivity index (χ0v) is 18.3. The first kappa shape index (κ1) is 20.2. The predicted octanol–water partition coefficient (Wildman–Crippen LogP) is 5.10. The number of fused-ring (bicyclic) bond motifs is 1.